The highest BCUT2D eigenvalue weighted by Crippen LogP contribution is 2.38. The quantitative estimate of drug-likeness (QED) is 0.682. The molecule has 1 saturated heterocycles. The molecule has 0 aromatic carbocycles. The fourth-order valence-corrected chi connectivity index (χ4v) is 4.78. The number of nitrogens with one attached hydrogen (secondary N) is 1. The fourth-order valence-electron chi connectivity index (χ4n) is 4.78. The van der Waals surface area contributed by atoms with E-state index in [2.05, 4.69) is 15.0 Å². The first-order valence-corrected chi connectivity index (χ1v) is 11.4. The Hall–Kier alpha value is -3.46. The second-order valence-corrected chi connectivity index (χ2v) is 8.97. The van der Waals surface area contributed by atoms with Crippen LogP contribution in [-0.4, -0.2) is 76.7 Å². The van der Waals surface area contributed by atoms with Gasteiger partial charge in [-0.3, -0.25) is 14.5 Å². The minimum atomic E-state index is -4.74. The van der Waals surface area contributed by atoms with Gasteiger partial charge in [-0.2, -0.15) is 23.5 Å². The maximum atomic E-state index is 13.4. The molecule has 35 heavy (non-hydrogen) atoms. The second kappa shape index (κ2) is 9.65. The van der Waals surface area contributed by atoms with Crippen LogP contribution < -0.4 is 10.5 Å². The van der Waals surface area contributed by atoms with E-state index in [0.717, 1.165) is 5.82 Å². The summed E-state index contributed by atoms with van der Waals surface area (Å²) in [6, 6.07) is 5.07. The highest BCUT2D eigenvalue weighted by Gasteiger charge is 2.41. The van der Waals surface area contributed by atoms with Crippen molar-refractivity contribution in [1.82, 2.24) is 25.0 Å². The Morgan fingerprint density at radius 2 is 2.03 bits per heavy atom. The molecule has 2 aliphatic rings. The minimum Gasteiger partial charge on any atom is -0.353 e. The third-order valence-corrected chi connectivity index (χ3v) is 6.85. The molecular formula is C23H26F3N7O2. The molecule has 4 rings (SSSR count). The maximum absolute atomic E-state index is 13.4. The SMILES string of the molecule is C[C@H](C(=O)N1CCN(c2ccc(C#N)cn2)CC1)N(C)C[C@H]1CCc2c1n[nH]c(=O)c2C(F)(F)F. The molecular weight excluding hydrogens is 463 g/mol. The molecule has 0 spiro atoms. The number of likely N-dealkylation sites (N-methyl/N-ethyl adjacent to an activating group) is 1. The number of amides is 1. The smallest absolute Gasteiger partial charge is 0.353 e. The van der Waals surface area contributed by atoms with Crippen LogP contribution in [0.1, 0.15) is 41.6 Å². The number of fused-ring (bicyclic) bond motifs is 1. The number of aromatic nitrogens is 3. The largest absolute Gasteiger partial charge is 0.422 e. The van der Waals surface area contributed by atoms with Gasteiger partial charge in [-0.25, -0.2) is 10.1 Å². The molecule has 1 fully saturated rings. The third-order valence-electron chi connectivity index (χ3n) is 6.85. The van der Waals surface area contributed by atoms with Crippen molar-refractivity contribution < 1.29 is 18.0 Å². The molecule has 0 bridgehead atoms. The van der Waals surface area contributed by atoms with Gasteiger partial charge in [0, 0.05) is 44.8 Å². The molecule has 2 aromatic rings. The Kier molecular flexibility index (Phi) is 6.80. The number of nitriles is 1. The van der Waals surface area contributed by atoms with Gasteiger partial charge in [-0.15, -0.1) is 0 Å². The van der Waals surface area contributed by atoms with E-state index in [1.54, 1.807) is 31.0 Å². The molecule has 186 valence electrons. The van der Waals surface area contributed by atoms with Gasteiger partial charge in [0.1, 0.15) is 17.5 Å². The van der Waals surface area contributed by atoms with Crippen molar-refractivity contribution in [2.45, 2.75) is 37.9 Å². The van der Waals surface area contributed by atoms with Crippen molar-refractivity contribution >= 4 is 11.7 Å². The van der Waals surface area contributed by atoms with E-state index in [0.29, 0.717) is 44.7 Å². The van der Waals surface area contributed by atoms with E-state index in [-0.39, 0.29) is 29.5 Å². The molecule has 1 aliphatic heterocycles. The number of hydrogen-bond donors (Lipinski definition) is 1. The summed E-state index contributed by atoms with van der Waals surface area (Å²) in [5.41, 5.74) is -1.67. The summed E-state index contributed by atoms with van der Waals surface area (Å²) >= 11 is 0. The predicted molar refractivity (Wildman–Crippen MR) is 121 cm³/mol. The van der Waals surface area contributed by atoms with Crippen LogP contribution in [0.15, 0.2) is 23.1 Å². The normalized spacial score (nSPS) is 18.9. The van der Waals surface area contributed by atoms with E-state index in [1.807, 2.05) is 16.1 Å². The lowest BCUT2D eigenvalue weighted by atomic mass is 10.0. The number of rotatable bonds is 5. The summed E-state index contributed by atoms with van der Waals surface area (Å²) in [4.78, 5) is 34.8. The number of halogens is 3. The van der Waals surface area contributed by atoms with Crippen molar-refractivity contribution in [2.75, 3.05) is 44.7 Å². The van der Waals surface area contributed by atoms with Crippen molar-refractivity contribution in [3.63, 3.8) is 0 Å². The van der Waals surface area contributed by atoms with Crippen LogP contribution in [-0.2, 0) is 17.4 Å². The summed E-state index contributed by atoms with van der Waals surface area (Å²) in [7, 11) is 1.77. The van der Waals surface area contributed by atoms with Gasteiger partial charge in [0.25, 0.3) is 5.56 Å². The molecule has 1 aliphatic carbocycles. The van der Waals surface area contributed by atoms with Crippen LogP contribution >= 0.6 is 0 Å². The van der Waals surface area contributed by atoms with Crippen LogP contribution in [0.25, 0.3) is 0 Å². The lowest BCUT2D eigenvalue weighted by molar-refractivity contribution is -0.139. The molecule has 3 heterocycles. The molecule has 0 radical (unpaired) electrons. The zero-order valence-corrected chi connectivity index (χ0v) is 19.5. The van der Waals surface area contributed by atoms with Gasteiger partial charge in [-0.05, 0) is 44.5 Å². The highest BCUT2D eigenvalue weighted by molar-refractivity contribution is 5.81. The highest BCUT2D eigenvalue weighted by atomic mass is 19.4. The van der Waals surface area contributed by atoms with Gasteiger partial charge in [0.2, 0.25) is 5.91 Å². The van der Waals surface area contributed by atoms with Crippen LogP contribution in [0.2, 0.25) is 0 Å². The molecule has 1 N–H and O–H groups in total. The average molecular weight is 490 g/mol. The maximum Gasteiger partial charge on any atom is 0.422 e. The number of carbonyl (C=O) groups excluding carboxylic acids is 1. The average Bonchev–Trinajstić information content (AvgIpc) is 3.24. The van der Waals surface area contributed by atoms with E-state index < -0.39 is 23.3 Å². The molecule has 2 aromatic heterocycles. The lowest BCUT2D eigenvalue weighted by Gasteiger charge is -2.38. The number of piperazine rings is 1. The van der Waals surface area contributed by atoms with E-state index in [1.165, 1.54) is 6.20 Å². The third kappa shape index (κ3) is 5.00. The summed E-state index contributed by atoms with van der Waals surface area (Å²) in [6.45, 7) is 4.38. The van der Waals surface area contributed by atoms with Gasteiger partial charge < -0.3 is 9.80 Å². The number of alkyl halides is 3. The molecule has 1 amide bonds. The predicted octanol–water partition coefficient (Wildman–Crippen LogP) is 1.75. The summed E-state index contributed by atoms with van der Waals surface area (Å²) < 4.78 is 40.1. The first-order chi connectivity index (χ1) is 16.6. The standard InChI is InChI=1S/C23H26F3N7O2/c1-14(22(35)33-9-7-32(8-10-33)18-6-3-15(11-27)12-28-18)31(2)13-16-4-5-17-19(23(24,25)26)21(34)30-29-20(16)17/h3,6,12,14,16H,4-5,7-10,13H2,1-2H3,(H,30,34)/t14-,16-/m1/s1. The van der Waals surface area contributed by atoms with Crippen LogP contribution in [0, 0.1) is 11.3 Å². The number of pyridine rings is 1. The molecule has 9 nitrogen and oxygen atoms in total. The lowest BCUT2D eigenvalue weighted by Crippen LogP contribution is -2.54. The van der Waals surface area contributed by atoms with Gasteiger partial charge in [0.15, 0.2) is 0 Å². The summed E-state index contributed by atoms with van der Waals surface area (Å²) in [6.07, 6.45) is -2.65. The van der Waals surface area contributed by atoms with Gasteiger partial charge in [-0.1, -0.05) is 0 Å². The Bertz CT molecular complexity index is 1180. The summed E-state index contributed by atoms with van der Waals surface area (Å²) in [5.74, 6) is 0.399. The number of anilines is 1. The molecule has 0 saturated carbocycles. The van der Waals surface area contributed by atoms with Gasteiger partial charge in [0.05, 0.1) is 17.3 Å². The minimum absolute atomic E-state index is 0.0360. The monoisotopic (exact) mass is 489 g/mol. The molecule has 12 heteroatoms. The zero-order chi connectivity index (χ0) is 25.3. The van der Waals surface area contributed by atoms with Crippen LogP contribution in [0.4, 0.5) is 19.0 Å². The van der Waals surface area contributed by atoms with Gasteiger partial charge >= 0.3 is 6.18 Å². The van der Waals surface area contributed by atoms with Crippen molar-refractivity contribution in [1.29, 1.82) is 5.26 Å². The zero-order valence-electron chi connectivity index (χ0n) is 19.5. The summed E-state index contributed by atoms with van der Waals surface area (Å²) in [5, 5.41) is 14.8. The number of nitrogens with zero attached hydrogens (tertiary/aromatic N) is 6. The first-order valence-electron chi connectivity index (χ1n) is 11.4. The second-order valence-electron chi connectivity index (χ2n) is 8.97. The number of aromatic amines is 1. The van der Waals surface area contributed by atoms with Crippen LogP contribution in [0.3, 0.4) is 0 Å². The Morgan fingerprint density at radius 3 is 2.63 bits per heavy atom. The topological polar surface area (TPSA) is 109 Å². The van der Waals surface area contributed by atoms with Crippen molar-refractivity contribution in [2.24, 2.45) is 0 Å². The van der Waals surface area contributed by atoms with E-state index in [4.69, 9.17) is 5.26 Å². The fraction of sp³-hybridized carbons (Fsp3) is 0.522. The van der Waals surface area contributed by atoms with E-state index >= 15 is 0 Å². The Labute approximate surface area is 200 Å². The van der Waals surface area contributed by atoms with Crippen molar-refractivity contribution in [3.05, 3.63) is 51.1 Å². The van der Waals surface area contributed by atoms with Crippen LogP contribution in [0.5, 0.6) is 0 Å². The Balaban J connectivity index is 1.36. The molecule has 2 atom stereocenters. The van der Waals surface area contributed by atoms with Crippen molar-refractivity contribution in [3.8, 4) is 6.07 Å². The first kappa shape index (κ1) is 24.7. The Morgan fingerprint density at radius 1 is 1.31 bits per heavy atom. The van der Waals surface area contributed by atoms with E-state index in [9.17, 15) is 22.8 Å². The number of hydrogen-bond acceptors (Lipinski definition) is 7. The number of H-pyrrole nitrogens is 1. The molecule has 0 unspecified atom stereocenters. The number of carbonyl (C=O) groups is 1.